The fourth-order valence-electron chi connectivity index (χ4n) is 4.07. The monoisotopic (exact) mass is 628 g/mol. The molecule has 1 aliphatic rings. The number of carbonyl (C=O) groups is 1. The number of nitrogens with zero attached hydrogens (tertiary/aromatic N) is 2. The molecule has 3 aromatic carbocycles. The van der Waals surface area contributed by atoms with Crippen LogP contribution in [0.25, 0.3) is 0 Å². The number of hydrogen-bond acceptors (Lipinski definition) is 5. The van der Waals surface area contributed by atoms with Gasteiger partial charge in [0.25, 0.3) is 5.91 Å². The van der Waals surface area contributed by atoms with Crippen molar-refractivity contribution in [2.24, 2.45) is 0 Å². The van der Waals surface area contributed by atoms with Crippen molar-refractivity contribution in [2.45, 2.75) is 6.92 Å². The Hall–Kier alpha value is -3.45. The van der Waals surface area contributed by atoms with E-state index >= 15 is 0 Å². The molecule has 0 aromatic heterocycles. The van der Waals surface area contributed by atoms with E-state index in [-0.39, 0.29) is 18.2 Å². The maximum absolute atomic E-state index is 14.2. The molecule has 1 amide bonds. The highest BCUT2D eigenvalue weighted by atomic mass is 79.9. The van der Waals surface area contributed by atoms with Gasteiger partial charge < -0.3 is 19.9 Å². The lowest BCUT2D eigenvalue weighted by Gasteiger charge is -2.37. The minimum absolute atomic E-state index is 0.0517. The third kappa shape index (κ3) is 6.25. The molecule has 0 unspecified atom stereocenters. The molecule has 0 spiro atoms. The Labute approximate surface area is 234 Å². The van der Waals surface area contributed by atoms with Gasteiger partial charge in [-0.1, -0.05) is 0 Å². The van der Waals surface area contributed by atoms with Crippen LogP contribution in [0, 0.1) is 29.1 Å². The molecular formula is C26H22BrF5N4O2S. The molecule has 13 heteroatoms. The van der Waals surface area contributed by atoms with Gasteiger partial charge in [0, 0.05) is 43.1 Å². The van der Waals surface area contributed by atoms with Gasteiger partial charge in [-0.05, 0) is 77.5 Å². The third-order valence-corrected chi connectivity index (χ3v) is 6.82. The van der Waals surface area contributed by atoms with Gasteiger partial charge in [0.1, 0.15) is 11.4 Å². The van der Waals surface area contributed by atoms with Crippen LogP contribution in [-0.4, -0.2) is 43.8 Å². The van der Waals surface area contributed by atoms with Crippen molar-refractivity contribution < 1.29 is 31.5 Å². The van der Waals surface area contributed by atoms with Crippen LogP contribution in [0.15, 0.2) is 46.9 Å². The molecular weight excluding hydrogens is 607 g/mol. The summed E-state index contributed by atoms with van der Waals surface area (Å²) in [6.45, 7) is 3.03. The minimum Gasteiger partial charge on any atom is -0.493 e. The predicted molar refractivity (Wildman–Crippen MR) is 146 cm³/mol. The van der Waals surface area contributed by atoms with E-state index in [4.69, 9.17) is 17.0 Å². The van der Waals surface area contributed by atoms with Crippen LogP contribution in [0.4, 0.5) is 39.0 Å². The minimum atomic E-state index is -2.18. The maximum Gasteiger partial charge on any atom is 0.257 e. The highest BCUT2D eigenvalue weighted by molar-refractivity contribution is 9.10. The number of amides is 1. The number of ether oxygens (including phenoxy) is 1. The molecule has 6 nitrogen and oxygen atoms in total. The molecule has 0 bridgehead atoms. The predicted octanol–water partition coefficient (Wildman–Crippen LogP) is 6.00. The molecule has 4 rings (SSSR count). The Balaban J connectivity index is 1.33. The van der Waals surface area contributed by atoms with Crippen molar-refractivity contribution in [3.63, 3.8) is 0 Å². The van der Waals surface area contributed by atoms with Crippen molar-refractivity contribution in [1.82, 2.24) is 5.32 Å². The standard InChI is InChI=1S/C26H22BrF5N4O2S/c1-2-38-18-8-3-14(13-17(18)27)25(37)34-26(39)33-15-4-6-16(7-5-15)35-9-11-36(12-10-35)24-22(31)20(29)19(28)21(30)23(24)32/h3-8,13H,2,9-12H2,1H3,(H2,33,34,37,39). The van der Waals surface area contributed by atoms with Crippen molar-refractivity contribution >= 4 is 56.2 Å². The first-order chi connectivity index (χ1) is 18.6. The van der Waals surface area contributed by atoms with Crippen LogP contribution in [0.3, 0.4) is 0 Å². The first-order valence-electron chi connectivity index (χ1n) is 11.8. The second-order valence-corrected chi connectivity index (χ2v) is 9.69. The molecule has 206 valence electrons. The smallest absolute Gasteiger partial charge is 0.257 e. The molecule has 1 aliphatic heterocycles. The summed E-state index contributed by atoms with van der Waals surface area (Å²) in [6.07, 6.45) is 0. The lowest BCUT2D eigenvalue weighted by atomic mass is 10.2. The van der Waals surface area contributed by atoms with Crippen LogP contribution < -0.4 is 25.2 Å². The van der Waals surface area contributed by atoms with Crippen LogP contribution in [0.5, 0.6) is 5.75 Å². The highest BCUT2D eigenvalue weighted by Gasteiger charge is 2.30. The Morgan fingerprint density at radius 3 is 2.03 bits per heavy atom. The molecule has 0 saturated carbocycles. The quantitative estimate of drug-likeness (QED) is 0.151. The third-order valence-electron chi connectivity index (χ3n) is 5.99. The Bertz CT molecular complexity index is 1370. The SMILES string of the molecule is CCOc1ccc(C(=O)NC(=S)Nc2ccc(N3CCN(c4c(F)c(F)c(F)c(F)c4F)CC3)cc2)cc1Br. The number of piperazine rings is 1. The van der Waals surface area contributed by atoms with E-state index in [1.165, 1.54) is 0 Å². The summed E-state index contributed by atoms with van der Waals surface area (Å²) in [5, 5.41) is 5.63. The first-order valence-corrected chi connectivity index (χ1v) is 13.0. The van der Waals surface area contributed by atoms with Gasteiger partial charge in [0.2, 0.25) is 5.82 Å². The summed E-state index contributed by atoms with van der Waals surface area (Å²) in [5.41, 5.74) is 0.859. The van der Waals surface area contributed by atoms with Crippen molar-refractivity contribution in [3.05, 3.63) is 81.6 Å². The van der Waals surface area contributed by atoms with E-state index in [2.05, 4.69) is 26.6 Å². The van der Waals surface area contributed by atoms with Crippen molar-refractivity contribution in [1.29, 1.82) is 0 Å². The highest BCUT2D eigenvalue weighted by Crippen LogP contribution is 2.31. The Kier molecular flexibility index (Phi) is 8.90. The van der Waals surface area contributed by atoms with Gasteiger partial charge in [-0.25, -0.2) is 22.0 Å². The molecule has 2 N–H and O–H groups in total. The molecule has 1 heterocycles. The Morgan fingerprint density at radius 1 is 0.897 bits per heavy atom. The molecule has 3 aromatic rings. The summed E-state index contributed by atoms with van der Waals surface area (Å²) >= 11 is 8.61. The number of nitrogens with one attached hydrogen (secondary N) is 2. The zero-order chi connectivity index (χ0) is 28.3. The van der Waals surface area contributed by atoms with Crippen LogP contribution in [0.1, 0.15) is 17.3 Å². The average molecular weight is 629 g/mol. The number of anilines is 3. The second kappa shape index (κ2) is 12.2. The van der Waals surface area contributed by atoms with E-state index in [1.807, 2.05) is 11.8 Å². The number of carbonyl (C=O) groups excluding carboxylic acids is 1. The van der Waals surface area contributed by atoms with E-state index < -0.39 is 40.7 Å². The van der Waals surface area contributed by atoms with Gasteiger partial charge in [0.15, 0.2) is 28.4 Å². The maximum atomic E-state index is 14.2. The number of thiocarbonyl (C=S) groups is 1. The second-order valence-electron chi connectivity index (χ2n) is 8.43. The number of halogens is 6. The summed E-state index contributed by atoms with van der Waals surface area (Å²) in [7, 11) is 0. The lowest BCUT2D eigenvalue weighted by Crippen LogP contribution is -2.47. The van der Waals surface area contributed by atoms with E-state index in [1.54, 1.807) is 42.5 Å². The number of benzene rings is 3. The average Bonchev–Trinajstić information content (AvgIpc) is 2.93. The van der Waals surface area contributed by atoms with E-state index in [0.29, 0.717) is 41.2 Å². The zero-order valence-corrected chi connectivity index (χ0v) is 22.9. The number of hydrogen-bond donors (Lipinski definition) is 2. The molecule has 1 saturated heterocycles. The largest absolute Gasteiger partial charge is 0.493 e. The van der Waals surface area contributed by atoms with Gasteiger partial charge in [-0.2, -0.15) is 0 Å². The molecule has 0 aliphatic carbocycles. The lowest BCUT2D eigenvalue weighted by molar-refractivity contribution is 0.0977. The summed E-state index contributed by atoms with van der Waals surface area (Å²) in [6, 6.07) is 12.0. The fraction of sp³-hybridized carbons (Fsp3) is 0.231. The molecule has 1 fully saturated rings. The fourth-order valence-corrected chi connectivity index (χ4v) is 4.77. The van der Waals surface area contributed by atoms with Crippen LogP contribution in [-0.2, 0) is 0 Å². The summed E-state index contributed by atoms with van der Waals surface area (Å²) in [5.74, 6) is -9.56. The summed E-state index contributed by atoms with van der Waals surface area (Å²) < 4.78 is 75.0. The topological polar surface area (TPSA) is 56.8 Å². The molecule has 0 atom stereocenters. The van der Waals surface area contributed by atoms with Crippen molar-refractivity contribution in [2.75, 3.05) is 47.9 Å². The van der Waals surface area contributed by atoms with Gasteiger partial charge in [-0.15, -0.1) is 0 Å². The van der Waals surface area contributed by atoms with Crippen LogP contribution >= 0.6 is 28.1 Å². The van der Waals surface area contributed by atoms with Gasteiger partial charge >= 0.3 is 0 Å². The first kappa shape index (κ1) is 28.6. The zero-order valence-electron chi connectivity index (χ0n) is 20.5. The summed E-state index contributed by atoms with van der Waals surface area (Å²) in [4.78, 5) is 15.6. The van der Waals surface area contributed by atoms with Crippen molar-refractivity contribution in [3.8, 4) is 5.75 Å². The van der Waals surface area contributed by atoms with Gasteiger partial charge in [0.05, 0.1) is 11.1 Å². The van der Waals surface area contributed by atoms with E-state index in [0.717, 1.165) is 10.6 Å². The van der Waals surface area contributed by atoms with Gasteiger partial charge in [-0.3, -0.25) is 10.1 Å². The molecule has 39 heavy (non-hydrogen) atoms. The normalized spacial score (nSPS) is 13.3. The van der Waals surface area contributed by atoms with Crippen LogP contribution in [0.2, 0.25) is 0 Å². The Morgan fingerprint density at radius 2 is 1.46 bits per heavy atom. The number of rotatable bonds is 6. The van der Waals surface area contributed by atoms with E-state index in [9.17, 15) is 26.7 Å². The molecule has 0 radical (unpaired) electrons.